The largest absolute Gasteiger partial charge is 0.377 e. The number of aryl methyl sites for hydroxylation is 2. The summed E-state index contributed by atoms with van der Waals surface area (Å²) in [5.41, 5.74) is 1.38. The Labute approximate surface area is 103 Å². The average molecular weight is 237 g/mol. The molecule has 0 aliphatic heterocycles. The van der Waals surface area contributed by atoms with Gasteiger partial charge in [-0.15, -0.1) is 0 Å². The molecule has 0 amide bonds. The number of aromatic nitrogens is 2. The minimum absolute atomic E-state index is 0.0803. The second kappa shape index (κ2) is 5.19. The fourth-order valence-corrected chi connectivity index (χ4v) is 2.80. The molecule has 1 N–H and O–H groups in total. The molecule has 0 aromatic carbocycles. The van der Waals surface area contributed by atoms with Crippen LogP contribution in [0.3, 0.4) is 0 Å². The molecular formula is C13H23N3O. The van der Waals surface area contributed by atoms with Crippen molar-refractivity contribution in [3.63, 3.8) is 0 Å². The molecule has 0 bridgehead atoms. The Bertz CT molecular complexity index is 352. The maximum absolute atomic E-state index is 5.74. The summed E-state index contributed by atoms with van der Waals surface area (Å²) in [5, 5.41) is 7.62. The summed E-state index contributed by atoms with van der Waals surface area (Å²) in [6.45, 7) is 0. The molecule has 1 unspecified atom stereocenters. The summed E-state index contributed by atoms with van der Waals surface area (Å²) >= 11 is 0. The number of hydrogen-bond donors (Lipinski definition) is 1. The number of nitrogens with one attached hydrogen (secondary N) is 1. The van der Waals surface area contributed by atoms with E-state index in [1.165, 1.54) is 24.8 Å². The molecule has 17 heavy (non-hydrogen) atoms. The van der Waals surface area contributed by atoms with Crippen molar-refractivity contribution in [3.8, 4) is 0 Å². The third kappa shape index (κ3) is 2.53. The van der Waals surface area contributed by atoms with E-state index in [-0.39, 0.29) is 5.60 Å². The highest BCUT2D eigenvalue weighted by Gasteiger charge is 2.43. The summed E-state index contributed by atoms with van der Waals surface area (Å²) in [4.78, 5) is 0. The molecule has 96 valence electrons. The van der Waals surface area contributed by atoms with Crippen molar-refractivity contribution in [3.05, 3.63) is 18.0 Å². The fraction of sp³-hybridized carbons (Fsp3) is 0.769. The Hall–Kier alpha value is -0.870. The van der Waals surface area contributed by atoms with Crippen molar-refractivity contribution < 1.29 is 4.74 Å². The first-order valence-electron chi connectivity index (χ1n) is 6.40. The molecule has 1 atom stereocenters. The standard InChI is InChI=1S/C13H23N3O/c1-14-12(13(17-3)7-4-8-13)6-5-11-9-15-16(2)10-11/h9-10,12,14H,4-8H2,1-3H3. The first-order chi connectivity index (χ1) is 8.20. The van der Waals surface area contributed by atoms with E-state index in [1.807, 2.05) is 32.1 Å². The maximum atomic E-state index is 5.74. The van der Waals surface area contributed by atoms with Gasteiger partial charge in [0.05, 0.1) is 11.8 Å². The number of likely N-dealkylation sites (N-methyl/N-ethyl adjacent to an activating group) is 1. The molecule has 1 aliphatic carbocycles. The predicted octanol–water partition coefficient (Wildman–Crippen LogP) is 1.51. The van der Waals surface area contributed by atoms with Crippen LogP contribution in [0.1, 0.15) is 31.2 Å². The van der Waals surface area contributed by atoms with E-state index < -0.39 is 0 Å². The highest BCUT2D eigenvalue weighted by Crippen LogP contribution is 2.39. The number of rotatable bonds is 6. The molecule has 2 rings (SSSR count). The van der Waals surface area contributed by atoms with Gasteiger partial charge in [0, 0.05) is 26.4 Å². The van der Waals surface area contributed by atoms with Crippen molar-refractivity contribution in [2.75, 3.05) is 14.2 Å². The zero-order valence-corrected chi connectivity index (χ0v) is 11.1. The van der Waals surface area contributed by atoms with Gasteiger partial charge < -0.3 is 10.1 Å². The van der Waals surface area contributed by atoms with Gasteiger partial charge in [0.2, 0.25) is 0 Å². The van der Waals surface area contributed by atoms with Crippen LogP contribution in [-0.4, -0.2) is 35.6 Å². The molecule has 1 fully saturated rings. The molecule has 0 radical (unpaired) electrons. The van der Waals surface area contributed by atoms with Crippen LogP contribution >= 0.6 is 0 Å². The number of nitrogens with zero attached hydrogens (tertiary/aromatic N) is 2. The number of hydrogen-bond acceptors (Lipinski definition) is 3. The van der Waals surface area contributed by atoms with Crippen molar-refractivity contribution in [1.82, 2.24) is 15.1 Å². The van der Waals surface area contributed by atoms with E-state index in [9.17, 15) is 0 Å². The normalized spacial score (nSPS) is 19.9. The topological polar surface area (TPSA) is 39.1 Å². The van der Waals surface area contributed by atoms with Crippen molar-refractivity contribution >= 4 is 0 Å². The maximum Gasteiger partial charge on any atom is 0.0831 e. The zero-order valence-electron chi connectivity index (χ0n) is 11.1. The quantitative estimate of drug-likeness (QED) is 0.815. The summed E-state index contributed by atoms with van der Waals surface area (Å²) in [5.74, 6) is 0. The van der Waals surface area contributed by atoms with Crippen LogP contribution in [0.15, 0.2) is 12.4 Å². The van der Waals surface area contributed by atoms with Crippen LogP contribution in [0.2, 0.25) is 0 Å². The molecule has 1 aromatic rings. The lowest BCUT2D eigenvalue weighted by Crippen LogP contribution is -2.55. The van der Waals surface area contributed by atoms with Crippen LogP contribution in [-0.2, 0) is 18.2 Å². The van der Waals surface area contributed by atoms with E-state index in [4.69, 9.17) is 4.74 Å². The first kappa shape index (κ1) is 12.6. The van der Waals surface area contributed by atoms with Gasteiger partial charge in [-0.3, -0.25) is 4.68 Å². The van der Waals surface area contributed by atoms with Gasteiger partial charge in [0.15, 0.2) is 0 Å². The lowest BCUT2D eigenvalue weighted by molar-refractivity contribution is -0.0983. The first-order valence-corrected chi connectivity index (χ1v) is 6.40. The summed E-state index contributed by atoms with van der Waals surface area (Å²) in [6, 6.07) is 0.446. The molecule has 0 spiro atoms. The third-order valence-corrected chi connectivity index (χ3v) is 4.07. The van der Waals surface area contributed by atoms with Crippen molar-refractivity contribution in [2.24, 2.45) is 7.05 Å². The molecule has 1 aromatic heterocycles. The predicted molar refractivity (Wildman–Crippen MR) is 68.0 cm³/mol. The van der Waals surface area contributed by atoms with E-state index in [0.717, 1.165) is 12.8 Å². The Balaban J connectivity index is 1.91. The smallest absolute Gasteiger partial charge is 0.0831 e. The number of methoxy groups -OCH3 is 1. The molecule has 1 heterocycles. The highest BCUT2D eigenvalue weighted by molar-refractivity contribution is 5.06. The summed E-state index contributed by atoms with van der Waals surface area (Å²) < 4.78 is 7.60. The van der Waals surface area contributed by atoms with E-state index in [2.05, 4.69) is 16.6 Å². The van der Waals surface area contributed by atoms with Gasteiger partial charge in [-0.25, -0.2) is 0 Å². The lowest BCUT2D eigenvalue weighted by atomic mass is 9.73. The number of ether oxygens (including phenoxy) is 1. The van der Waals surface area contributed by atoms with E-state index >= 15 is 0 Å². The van der Waals surface area contributed by atoms with Gasteiger partial charge in [0.25, 0.3) is 0 Å². The van der Waals surface area contributed by atoms with Crippen molar-refractivity contribution in [2.45, 2.75) is 43.7 Å². The minimum atomic E-state index is 0.0803. The van der Waals surface area contributed by atoms with Gasteiger partial charge in [0.1, 0.15) is 0 Å². The van der Waals surface area contributed by atoms with Crippen molar-refractivity contribution in [1.29, 1.82) is 0 Å². The van der Waals surface area contributed by atoms with Gasteiger partial charge in [-0.05, 0) is 44.7 Å². The monoisotopic (exact) mass is 237 g/mol. The zero-order chi connectivity index (χ0) is 12.3. The molecule has 0 saturated heterocycles. The van der Waals surface area contributed by atoms with Crippen LogP contribution < -0.4 is 5.32 Å². The molecule has 1 saturated carbocycles. The fourth-order valence-electron chi connectivity index (χ4n) is 2.80. The Morgan fingerprint density at radius 1 is 1.59 bits per heavy atom. The average Bonchev–Trinajstić information content (AvgIpc) is 2.68. The molecule has 4 heteroatoms. The van der Waals surface area contributed by atoms with Gasteiger partial charge in [-0.1, -0.05) is 0 Å². The SMILES string of the molecule is CNC(CCc1cnn(C)c1)C1(OC)CCC1. The van der Waals surface area contributed by atoms with Crippen LogP contribution in [0.5, 0.6) is 0 Å². The van der Waals surface area contributed by atoms with E-state index in [1.54, 1.807) is 0 Å². The second-order valence-electron chi connectivity index (χ2n) is 5.02. The third-order valence-electron chi connectivity index (χ3n) is 4.07. The van der Waals surface area contributed by atoms with Crippen LogP contribution in [0.4, 0.5) is 0 Å². The minimum Gasteiger partial charge on any atom is -0.377 e. The van der Waals surface area contributed by atoms with Crippen LogP contribution in [0, 0.1) is 0 Å². The van der Waals surface area contributed by atoms with E-state index in [0.29, 0.717) is 6.04 Å². The van der Waals surface area contributed by atoms with Gasteiger partial charge >= 0.3 is 0 Å². The molecule has 4 nitrogen and oxygen atoms in total. The highest BCUT2D eigenvalue weighted by atomic mass is 16.5. The molecular weight excluding hydrogens is 214 g/mol. The summed E-state index contributed by atoms with van der Waals surface area (Å²) in [6.07, 6.45) is 9.86. The Morgan fingerprint density at radius 2 is 2.35 bits per heavy atom. The van der Waals surface area contributed by atoms with Gasteiger partial charge in [-0.2, -0.15) is 5.10 Å². The Morgan fingerprint density at radius 3 is 2.76 bits per heavy atom. The summed E-state index contributed by atoms with van der Waals surface area (Å²) in [7, 11) is 5.84. The second-order valence-corrected chi connectivity index (χ2v) is 5.02. The lowest BCUT2D eigenvalue weighted by Gasteiger charge is -2.46. The Kier molecular flexibility index (Phi) is 3.84. The van der Waals surface area contributed by atoms with Crippen LogP contribution in [0.25, 0.3) is 0 Å². The molecule has 1 aliphatic rings.